The first-order valence-corrected chi connectivity index (χ1v) is 15.3. The smallest absolute Gasteiger partial charge is 0.129 e. The summed E-state index contributed by atoms with van der Waals surface area (Å²) in [5.41, 5.74) is 1.96. The Kier molecular flexibility index (Phi) is 5.29. The summed E-state index contributed by atoms with van der Waals surface area (Å²) < 4.78 is 0. The fraction of sp³-hybridized carbons (Fsp3) is 0.250. The molecule has 0 heterocycles. The van der Waals surface area contributed by atoms with E-state index in [0.29, 0.717) is 0 Å². The van der Waals surface area contributed by atoms with Crippen molar-refractivity contribution in [2.24, 2.45) is 0 Å². The highest BCUT2D eigenvalue weighted by molar-refractivity contribution is 9.26. The van der Waals surface area contributed by atoms with E-state index in [9.17, 15) is 0 Å². The van der Waals surface area contributed by atoms with Crippen LogP contribution in [0.2, 0.25) is 18.8 Å². The molecule has 0 spiro atoms. The number of hydrogen-bond donors (Lipinski definition) is 0. The monoisotopic (exact) mass is 382 g/mol. The van der Waals surface area contributed by atoms with Gasteiger partial charge in [-0.05, 0) is 5.67 Å². The molecule has 2 aromatic carbocycles. The fourth-order valence-corrected chi connectivity index (χ4v) is 18.9. The maximum Gasteiger partial charge on any atom is 0.130 e. The van der Waals surface area contributed by atoms with E-state index in [4.69, 9.17) is 11.6 Å². The topological polar surface area (TPSA) is 0 Å². The molecule has 0 N–H and O–H groups in total. The van der Waals surface area contributed by atoms with Crippen molar-refractivity contribution in [1.29, 1.82) is 0 Å². The van der Waals surface area contributed by atoms with E-state index in [-0.39, 0.29) is 0 Å². The highest BCUT2D eigenvalue weighted by Crippen LogP contribution is 2.25. The predicted octanol–water partition coefficient (Wildman–Crippen LogP) is 4.17. The predicted molar refractivity (Wildman–Crippen MR) is 99.8 cm³/mol. The standard InChI is InChI=1S/C16H20BrClSi2/c1-19(2,17)14-20(13-18,15-9-5-3-6-10-15)16-11-7-4-8-12-16/h3-12H,13-14H2,1-2H3. The van der Waals surface area contributed by atoms with Gasteiger partial charge in [-0.15, -0.1) is 26.9 Å². The van der Waals surface area contributed by atoms with Crippen LogP contribution in [0.25, 0.3) is 0 Å². The Balaban J connectivity index is 2.58. The van der Waals surface area contributed by atoms with Gasteiger partial charge in [0.2, 0.25) is 0 Å². The maximum absolute atomic E-state index is 6.56. The third kappa shape index (κ3) is 3.64. The van der Waals surface area contributed by atoms with Gasteiger partial charge in [-0.3, -0.25) is 0 Å². The summed E-state index contributed by atoms with van der Waals surface area (Å²) in [4.78, 5) is 0. The van der Waals surface area contributed by atoms with Crippen molar-refractivity contribution in [2.75, 3.05) is 5.50 Å². The SMILES string of the molecule is C[Si](C)(Br)C[Si](CCl)(c1ccccc1)c1ccccc1. The minimum absolute atomic E-state index is 0.739. The molecule has 106 valence electrons. The van der Waals surface area contributed by atoms with Gasteiger partial charge in [-0.1, -0.05) is 84.1 Å². The molecule has 20 heavy (non-hydrogen) atoms. The summed E-state index contributed by atoms with van der Waals surface area (Å²) in [6, 6.07) is 21.7. The minimum Gasteiger partial charge on any atom is -0.129 e. The Morgan fingerprint density at radius 2 is 1.25 bits per heavy atom. The second kappa shape index (κ2) is 6.60. The van der Waals surface area contributed by atoms with Gasteiger partial charge in [0.25, 0.3) is 0 Å². The summed E-state index contributed by atoms with van der Waals surface area (Å²) in [5.74, 6) is 0. The van der Waals surface area contributed by atoms with Gasteiger partial charge in [-0.2, -0.15) is 0 Å². The zero-order valence-corrected chi connectivity index (χ0v) is 16.3. The van der Waals surface area contributed by atoms with Crippen LogP contribution in [-0.4, -0.2) is 20.3 Å². The van der Waals surface area contributed by atoms with E-state index >= 15 is 0 Å². The summed E-state index contributed by atoms with van der Waals surface area (Å²) >= 11 is 10.5. The summed E-state index contributed by atoms with van der Waals surface area (Å²) in [5, 5.41) is 2.89. The molecule has 0 saturated carbocycles. The molecule has 0 aliphatic rings. The van der Waals surface area contributed by atoms with E-state index in [1.54, 1.807) is 0 Å². The van der Waals surface area contributed by atoms with Crippen LogP contribution in [-0.2, 0) is 0 Å². The molecule has 0 nitrogen and oxygen atoms in total. The zero-order chi connectivity index (χ0) is 14.6. The van der Waals surface area contributed by atoms with Crippen LogP contribution < -0.4 is 10.4 Å². The van der Waals surface area contributed by atoms with Gasteiger partial charge in [0.05, 0.1) is 0 Å². The van der Waals surface area contributed by atoms with Crippen LogP contribution in [0, 0.1) is 0 Å². The zero-order valence-electron chi connectivity index (χ0n) is 11.9. The van der Waals surface area contributed by atoms with E-state index in [0.717, 1.165) is 5.50 Å². The molecule has 0 fully saturated rings. The molecule has 0 unspecified atom stereocenters. The van der Waals surface area contributed by atoms with E-state index in [2.05, 4.69) is 89.1 Å². The lowest BCUT2D eigenvalue weighted by atomic mass is 10.4. The maximum atomic E-state index is 6.56. The van der Waals surface area contributed by atoms with Gasteiger partial charge in [0, 0.05) is 5.50 Å². The molecule has 0 aromatic heterocycles. The van der Waals surface area contributed by atoms with Crippen molar-refractivity contribution in [3.63, 3.8) is 0 Å². The van der Waals surface area contributed by atoms with E-state index in [1.165, 1.54) is 16.0 Å². The molecule has 4 heteroatoms. The van der Waals surface area contributed by atoms with Crippen molar-refractivity contribution in [3.05, 3.63) is 60.7 Å². The Labute approximate surface area is 136 Å². The van der Waals surface area contributed by atoms with Crippen molar-refractivity contribution in [1.82, 2.24) is 0 Å². The van der Waals surface area contributed by atoms with Gasteiger partial charge in [0.1, 0.15) is 14.8 Å². The van der Waals surface area contributed by atoms with Crippen LogP contribution in [0.5, 0.6) is 0 Å². The van der Waals surface area contributed by atoms with Crippen molar-refractivity contribution >= 4 is 52.0 Å². The first-order valence-electron chi connectivity index (χ1n) is 6.84. The molecule has 0 saturated heterocycles. The first-order chi connectivity index (χ1) is 9.48. The molecule has 2 rings (SSSR count). The van der Waals surface area contributed by atoms with Crippen molar-refractivity contribution in [2.45, 2.75) is 18.8 Å². The van der Waals surface area contributed by atoms with Crippen LogP contribution in [0.15, 0.2) is 60.7 Å². The molecular weight excluding hydrogens is 364 g/mol. The third-order valence-electron chi connectivity index (χ3n) is 3.60. The molecule has 2 aromatic rings. The average molecular weight is 384 g/mol. The Bertz CT molecular complexity index is 498. The van der Waals surface area contributed by atoms with Crippen molar-refractivity contribution in [3.8, 4) is 0 Å². The Hall–Kier alpha value is -0.356. The molecule has 0 amide bonds. The van der Waals surface area contributed by atoms with Gasteiger partial charge >= 0.3 is 0 Å². The lowest BCUT2D eigenvalue weighted by Crippen LogP contribution is -2.63. The Morgan fingerprint density at radius 1 is 0.850 bits per heavy atom. The van der Waals surface area contributed by atoms with Crippen LogP contribution in [0.4, 0.5) is 0 Å². The fourth-order valence-electron chi connectivity index (χ4n) is 2.80. The molecule has 0 aliphatic heterocycles. The highest BCUT2D eigenvalue weighted by Gasteiger charge is 2.41. The van der Waals surface area contributed by atoms with Gasteiger partial charge < -0.3 is 0 Å². The first kappa shape index (κ1) is 16.0. The quantitative estimate of drug-likeness (QED) is 0.413. The Morgan fingerprint density at radius 3 is 1.55 bits per heavy atom. The van der Waals surface area contributed by atoms with Gasteiger partial charge in [0.15, 0.2) is 0 Å². The second-order valence-electron chi connectivity index (χ2n) is 5.84. The second-order valence-corrected chi connectivity index (χ2v) is 21.5. The van der Waals surface area contributed by atoms with E-state index < -0.39 is 14.8 Å². The lowest BCUT2D eigenvalue weighted by Gasteiger charge is -2.35. The third-order valence-corrected chi connectivity index (χ3v) is 16.6. The van der Waals surface area contributed by atoms with Crippen LogP contribution in [0.1, 0.15) is 0 Å². The summed E-state index contributed by atoms with van der Waals surface area (Å²) in [6.45, 7) is 3.35. The number of alkyl halides is 1. The van der Waals surface area contributed by atoms with Crippen molar-refractivity contribution < 1.29 is 0 Å². The molecule has 0 bridgehead atoms. The molecule has 0 atom stereocenters. The van der Waals surface area contributed by atoms with E-state index in [1.807, 2.05) is 0 Å². The highest BCUT2D eigenvalue weighted by atomic mass is 79.9. The number of halogens is 2. The molecule has 0 radical (unpaired) electrons. The molecular formula is C16H20BrClSi2. The lowest BCUT2D eigenvalue weighted by molar-refractivity contribution is 1.58. The number of rotatable bonds is 5. The summed E-state index contributed by atoms with van der Waals surface area (Å²) in [7, 11) is -1.88. The summed E-state index contributed by atoms with van der Waals surface area (Å²) in [6.07, 6.45) is 0. The van der Waals surface area contributed by atoms with Gasteiger partial charge in [-0.25, -0.2) is 0 Å². The number of hydrogen-bond acceptors (Lipinski definition) is 0. The van der Waals surface area contributed by atoms with Crippen LogP contribution in [0.3, 0.4) is 0 Å². The number of benzene rings is 2. The average Bonchev–Trinajstić information content (AvgIpc) is 2.46. The minimum atomic E-state index is -1.88. The normalized spacial score (nSPS) is 12.4. The largest absolute Gasteiger partial charge is 0.130 e. The van der Waals surface area contributed by atoms with Crippen LogP contribution >= 0.6 is 26.9 Å². The molecule has 0 aliphatic carbocycles.